The normalized spacial score (nSPS) is 11.2. The minimum Gasteiger partial charge on any atom is -0.494 e. The molecular formula is C27H30FN7O5. The molecule has 4 rings (SSSR count). The lowest BCUT2D eigenvalue weighted by atomic mass is 9.90. The SMILES string of the molecule is CC(=O)O.CCOc1cc(OCCF)cc(C(Cc2ccc(C(=N)N)cc2)c2nn(-c3ncccn3)c(=O)[nH]2)c1. The maximum Gasteiger partial charge on any atom is 0.350 e. The molecule has 5 N–H and O–H groups in total. The maximum atomic E-state index is 12.8. The molecule has 0 aliphatic carbocycles. The number of hydrogen-bond donors (Lipinski definition) is 4. The Morgan fingerprint density at radius 3 is 2.35 bits per heavy atom. The number of aromatic amines is 1. The monoisotopic (exact) mass is 551 g/mol. The van der Waals surface area contributed by atoms with E-state index in [0.717, 1.165) is 22.7 Å². The Morgan fingerprint density at radius 1 is 1.15 bits per heavy atom. The van der Waals surface area contributed by atoms with Crippen LogP contribution in [0.4, 0.5) is 4.39 Å². The molecule has 40 heavy (non-hydrogen) atoms. The Kier molecular flexibility index (Phi) is 10.5. The molecule has 0 radical (unpaired) electrons. The molecule has 210 valence electrons. The van der Waals surface area contributed by atoms with E-state index in [0.29, 0.717) is 35.9 Å². The van der Waals surface area contributed by atoms with Crippen LogP contribution < -0.4 is 20.9 Å². The molecule has 1 unspecified atom stereocenters. The van der Waals surface area contributed by atoms with Gasteiger partial charge in [-0.3, -0.25) is 15.2 Å². The zero-order chi connectivity index (χ0) is 29.1. The first-order chi connectivity index (χ1) is 19.2. The summed E-state index contributed by atoms with van der Waals surface area (Å²) in [6.45, 7) is 2.65. The summed E-state index contributed by atoms with van der Waals surface area (Å²) in [4.78, 5) is 32.8. The first-order valence-corrected chi connectivity index (χ1v) is 12.3. The average molecular weight is 552 g/mol. The standard InChI is InChI=1S/C25H26FN7O3.C2H4O2/c1-2-35-19-13-18(14-20(15-19)36-11-8-26)21(12-16-4-6-17(7-5-16)22(27)28)23-31-25(34)33(32-23)24-29-9-3-10-30-24;1-2(3)4/h3-7,9-10,13-15,21H,2,8,11-12H2,1H3,(H3,27,28)(H,31,32,34);1H3,(H,3,4). The van der Waals surface area contributed by atoms with Crippen molar-refractivity contribution in [2.75, 3.05) is 19.9 Å². The summed E-state index contributed by atoms with van der Waals surface area (Å²) < 4.78 is 25.2. The second-order valence-electron chi connectivity index (χ2n) is 8.37. The summed E-state index contributed by atoms with van der Waals surface area (Å²) in [6, 6.07) is 14.2. The summed E-state index contributed by atoms with van der Waals surface area (Å²) in [5.74, 6) is 0.229. The van der Waals surface area contributed by atoms with Gasteiger partial charge in [0.05, 0.1) is 6.61 Å². The lowest BCUT2D eigenvalue weighted by molar-refractivity contribution is -0.134. The van der Waals surface area contributed by atoms with Gasteiger partial charge in [-0.2, -0.15) is 0 Å². The van der Waals surface area contributed by atoms with Crippen molar-refractivity contribution >= 4 is 11.8 Å². The number of carbonyl (C=O) groups is 1. The number of nitrogens with zero attached hydrogens (tertiary/aromatic N) is 4. The predicted molar refractivity (Wildman–Crippen MR) is 145 cm³/mol. The molecular weight excluding hydrogens is 521 g/mol. The van der Waals surface area contributed by atoms with Crippen LogP contribution in [0.1, 0.15) is 42.3 Å². The van der Waals surface area contributed by atoms with Gasteiger partial charge in [-0.25, -0.2) is 19.2 Å². The largest absolute Gasteiger partial charge is 0.494 e. The van der Waals surface area contributed by atoms with Crippen molar-refractivity contribution in [3.63, 3.8) is 0 Å². The van der Waals surface area contributed by atoms with E-state index in [1.165, 1.54) is 12.4 Å². The van der Waals surface area contributed by atoms with E-state index in [4.69, 9.17) is 30.5 Å². The third-order valence-electron chi connectivity index (χ3n) is 5.37. The second kappa shape index (κ2) is 14.2. The van der Waals surface area contributed by atoms with Crippen molar-refractivity contribution in [3.05, 3.63) is 93.9 Å². The number of carboxylic acids is 1. The maximum absolute atomic E-state index is 12.8. The number of aromatic nitrogens is 5. The van der Waals surface area contributed by atoms with Crippen molar-refractivity contribution in [3.8, 4) is 17.4 Å². The number of rotatable bonds is 11. The van der Waals surface area contributed by atoms with Crippen LogP contribution >= 0.6 is 0 Å². The van der Waals surface area contributed by atoms with Crippen molar-refractivity contribution in [1.82, 2.24) is 24.7 Å². The van der Waals surface area contributed by atoms with Gasteiger partial charge in [0, 0.05) is 36.9 Å². The molecule has 13 heteroatoms. The van der Waals surface area contributed by atoms with E-state index >= 15 is 0 Å². The summed E-state index contributed by atoms with van der Waals surface area (Å²) >= 11 is 0. The van der Waals surface area contributed by atoms with Gasteiger partial charge in [-0.15, -0.1) is 9.78 Å². The molecule has 2 aromatic heterocycles. The van der Waals surface area contributed by atoms with Gasteiger partial charge in [0.25, 0.3) is 11.9 Å². The lowest BCUT2D eigenvalue weighted by Crippen LogP contribution is -2.18. The number of nitrogens with two attached hydrogens (primary N) is 1. The smallest absolute Gasteiger partial charge is 0.350 e. The molecule has 0 spiro atoms. The fourth-order valence-electron chi connectivity index (χ4n) is 3.75. The molecule has 2 aromatic carbocycles. The van der Waals surface area contributed by atoms with Crippen LogP contribution in [-0.4, -0.2) is 61.5 Å². The van der Waals surface area contributed by atoms with Crippen LogP contribution in [0.5, 0.6) is 11.5 Å². The van der Waals surface area contributed by atoms with Gasteiger partial charge in [-0.05, 0) is 42.7 Å². The first kappa shape index (κ1) is 29.5. The minimum absolute atomic E-state index is 0.0249. The fourth-order valence-corrected chi connectivity index (χ4v) is 3.75. The van der Waals surface area contributed by atoms with Crippen LogP contribution in [0.2, 0.25) is 0 Å². The Bertz CT molecular complexity index is 1470. The van der Waals surface area contributed by atoms with E-state index in [-0.39, 0.29) is 18.4 Å². The van der Waals surface area contributed by atoms with E-state index in [1.54, 1.807) is 30.3 Å². The molecule has 0 saturated heterocycles. The molecule has 0 amide bonds. The highest BCUT2D eigenvalue weighted by molar-refractivity contribution is 5.94. The second-order valence-corrected chi connectivity index (χ2v) is 8.37. The van der Waals surface area contributed by atoms with Crippen molar-refractivity contribution in [2.24, 2.45) is 5.73 Å². The van der Waals surface area contributed by atoms with Crippen LogP contribution in [0.15, 0.2) is 65.7 Å². The molecule has 12 nitrogen and oxygen atoms in total. The van der Waals surface area contributed by atoms with Gasteiger partial charge in [-0.1, -0.05) is 24.3 Å². The molecule has 4 aromatic rings. The van der Waals surface area contributed by atoms with Crippen molar-refractivity contribution in [2.45, 2.75) is 26.2 Å². The summed E-state index contributed by atoms with van der Waals surface area (Å²) in [7, 11) is 0. The Balaban J connectivity index is 0.00000103. The molecule has 2 heterocycles. The van der Waals surface area contributed by atoms with Crippen molar-refractivity contribution < 1.29 is 23.8 Å². The van der Waals surface area contributed by atoms with Crippen LogP contribution in [0.25, 0.3) is 5.95 Å². The number of amidine groups is 1. The topological polar surface area (TPSA) is 182 Å². The number of benzene rings is 2. The highest BCUT2D eigenvalue weighted by atomic mass is 19.1. The summed E-state index contributed by atoms with van der Waals surface area (Å²) in [6.07, 6.45) is 3.49. The zero-order valence-corrected chi connectivity index (χ0v) is 22.0. The predicted octanol–water partition coefficient (Wildman–Crippen LogP) is 2.85. The molecule has 0 aliphatic heterocycles. The fraction of sp³-hybridized carbons (Fsp3) is 0.259. The zero-order valence-electron chi connectivity index (χ0n) is 22.0. The number of nitrogen functional groups attached to an aromatic ring is 1. The Hall–Kier alpha value is -5.07. The Labute approximate surface area is 229 Å². The third-order valence-corrected chi connectivity index (χ3v) is 5.37. The molecule has 0 saturated carbocycles. The van der Waals surface area contributed by atoms with Crippen LogP contribution in [-0.2, 0) is 11.2 Å². The number of nitrogens with one attached hydrogen (secondary N) is 2. The van der Waals surface area contributed by atoms with E-state index in [9.17, 15) is 9.18 Å². The average Bonchev–Trinajstić information content (AvgIpc) is 3.32. The van der Waals surface area contributed by atoms with Gasteiger partial charge in [0.2, 0.25) is 0 Å². The van der Waals surface area contributed by atoms with Crippen LogP contribution in [0, 0.1) is 5.41 Å². The van der Waals surface area contributed by atoms with Gasteiger partial charge in [0.1, 0.15) is 36.4 Å². The van der Waals surface area contributed by atoms with Crippen LogP contribution in [0.3, 0.4) is 0 Å². The number of hydrogen-bond acceptors (Lipinski definition) is 8. The number of aliphatic carboxylic acids is 1. The van der Waals surface area contributed by atoms with Gasteiger partial charge in [0.15, 0.2) is 0 Å². The summed E-state index contributed by atoms with van der Waals surface area (Å²) in [5.41, 5.74) is 7.38. The van der Waals surface area contributed by atoms with Gasteiger partial charge >= 0.3 is 5.69 Å². The number of ether oxygens (including phenoxy) is 2. The van der Waals surface area contributed by atoms with Gasteiger partial charge < -0.3 is 20.3 Å². The number of alkyl halides is 1. The summed E-state index contributed by atoms with van der Waals surface area (Å²) in [5, 5.41) is 19.5. The first-order valence-electron chi connectivity index (χ1n) is 12.3. The van der Waals surface area contributed by atoms with E-state index in [1.807, 2.05) is 25.1 Å². The highest BCUT2D eigenvalue weighted by Gasteiger charge is 2.23. The Morgan fingerprint density at radius 2 is 1.77 bits per heavy atom. The third kappa shape index (κ3) is 8.21. The number of halogens is 1. The highest BCUT2D eigenvalue weighted by Crippen LogP contribution is 2.33. The lowest BCUT2D eigenvalue weighted by Gasteiger charge is -2.18. The number of H-pyrrole nitrogens is 1. The quantitative estimate of drug-likeness (QED) is 0.161. The minimum atomic E-state index is -0.833. The number of carboxylic acid groups (broad SMARTS) is 1. The van der Waals surface area contributed by atoms with Crippen molar-refractivity contribution in [1.29, 1.82) is 5.41 Å². The molecule has 0 aliphatic rings. The van der Waals surface area contributed by atoms with E-state index in [2.05, 4.69) is 20.1 Å². The van der Waals surface area contributed by atoms with E-state index < -0.39 is 24.3 Å². The molecule has 1 atom stereocenters. The molecule has 0 fully saturated rings. The molecule has 0 bridgehead atoms.